The van der Waals surface area contributed by atoms with Gasteiger partial charge in [-0.15, -0.1) is 0 Å². The molecule has 0 amide bonds. The molecule has 1 unspecified atom stereocenters. The molecule has 0 spiro atoms. The van der Waals surface area contributed by atoms with Crippen LogP contribution in [0.5, 0.6) is 0 Å². The van der Waals surface area contributed by atoms with E-state index in [1.807, 2.05) is 0 Å². The molecule has 4 N–H and O–H groups in total. The Kier molecular flexibility index (Phi) is 10.7. The van der Waals surface area contributed by atoms with Crippen LogP contribution in [0.3, 0.4) is 0 Å². The standard InChI is InChI=1S/C15H25O3P.H3N/c1-2-3-4-5-6-7-11-14-18-19(16,17)15-12-9-8-10-13-15;/h8-10,12-13H,2-7,11,14H2,1H3,(H,16,17);1H3. The van der Waals surface area contributed by atoms with Crippen molar-refractivity contribution in [3.8, 4) is 0 Å². The van der Waals surface area contributed by atoms with Crippen molar-refractivity contribution in [2.75, 3.05) is 6.61 Å². The number of unbranched alkanes of at least 4 members (excludes halogenated alkanes) is 6. The van der Waals surface area contributed by atoms with Crippen molar-refractivity contribution in [2.45, 2.75) is 51.9 Å². The second-order valence-electron chi connectivity index (χ2n) is 4.79. The van der Waals surface area contributed by atoms with Gasteiger partial charge in [0, 0.05) is 5.30 Å². The number of rotatable bonds is 10. The van der Waals surface area contributed by atoms with Crippen LogP contribution in [0.4, 0.5) is 0 Å². The Labute approximate surface area is 122 Å². The maximum absolute atomic E-state index is 11.8. The van der Waals surface area contributed by atoms with Crippen LogP contribution in [0.25, 0.3) is 0 Å². The Morgan fingerprint density at radius 1 is 1.00 bits per heavy atom. The van der Waals surface area contributed by atoms with E-state index in [-0.39, 0.29) is 11.5 Å². The Hall–Kier alpha value is -0.670. The lowest BCUT2D eigenvalue weighted by atomic mass is 10.1. The molecule has 20 heavy (non-hydrogen) atoms. The van der Waals surface area contributed by atoms with Crippen molar-refractivity contribution in [3.63, 3.8) is 0 Å². The summed E-state index contributed by atoms with van der Waals surface area (Å²) >= 11 is 0. The molecule has 0 aliphatic rings. The molecule has 1 aromatic carbocycles. The molecule has 116 valence electrons. The third-order valence-electron chi connectivity index (χ3n) is 3.08. The van der Waals surface area contributed by atoms with E-state index >= 15 is 0 Å². The average molecular weight is 301 g/mol. The fourth-order valence-electron chi connectivity index (χ4n) is 1.93. The third-order valence-corrected chi connectivity index (χ3v) is 4.53. The highest BCUT2D eigenvalue weighted by Crippen LogP contribution is 2.35. The molecule has 1 rings (SSSR count). The van der Waals surface area contributed by atoms with Crippen LogP contribution < -0.4 is 16.3 Å². The Morgan fingerprint density at radius 3 is 2.15 bits per heavy atom. The van der Waals surface area contributed by atoms with E-state index in [0.29, 0.717) is 6.61 Å². The van der Waals surface area contributed by atoms with E-state index in [4.69, 9.17) is 4.52 Å². The lowest BCUT2D eigenvalue weighted by Gasteiger charge is -2.23. The molecule has 1 atom stereocenters. The van der Waals surface area contributed by atoms with Crippen LogP contribution in [0.1, 0.15) is 51.9 Å². The van der Waals surface area contributed by atoms with E-state index in [0.717, 1.165) is 19.3 Å². The molecule has 0 aliphatic heterocycles. The van der Waals surface area contributed by atoms with Gasteiger partial charge >= 0.3 is 0 Å². The highest BCUT2D eigenvalue weighted by Gasteiger charge is 2.10. The SMILES string of the molecule is CCCCCCCCCOP(=O)([O-])c1ccccc1.[NH4+]. The van der Waals surface area contributed by atoms with Gasteiger partial charge < -0.3 is 20.1 Å². The molecule has 0 aliphatic carbocycles. The summed E-state index contributed by atoms with van der Waals surface area (Å²) in [5.74, 6) is 0. The van der Waals surface area contributed by atoms with Gasteiger partial charge in [-0.2, -0.15) is 0 Å². The minimum Gasteiger partial charge on any atom is -0.775 e. The molecular formula is C15H28NO3P. The summed E-state index contributed by atoms with van der Waals surface area (Å²) in [6.45, 7) is 2.49. The van der Waals surface area contributed by atoms with Gasteiger partial charge in [0.25, 0.3) is 0 Å². The third kappa shape index (κ3) is 7.81. The molecular weight excluding hydrogens is 273 g/mol. The van der Waals surface area contributed by atoms with Crippen LogP contribution >= 0.6 is 7.60 Å². The first-order valence-corrected chi connectivity index (χ1v) is 8.72. The summed E-state index contributed by atoms with van der Waals surface area (Å²) in [6.07, 6.45) is 8.07. The van der Waals surface area contributed by atoms with Gasteiger partial charge in [0.1, 0.15) is 0 Å². The van der Waals surface area contributed by atoms with Gasteiger partial charge in [0.2, 0.25) is 0 Å². The summed E-state index contributed by atoms with van der Waals surface area (Å²) in [5, 5.41) is 0.262. The van der Waals surface area contributed by atoms with Gasteiger partial charge in [-0.3, -0.25) is 0 Å². The highest BCUT2D eigenvalue weighted by molar-refractivity contribution is 7.59. The highest BCUT2D eigenvalue weighted by atomic mass is 31.2. The first-order valence-electron chi connectivity index (χ1n) is 7.18. The normalized spacial score (nSPS) is 13.5. The Bertz CT molecular complexity index is 384. The van der Waals surface area contributed by atoms with Gasteiger partial charge in [-0.05, 0) is 6.42 Å². The van der Waals surface area contributed by atoms with Gasteiger partial charge in [0.15, 0.2) is 7.60 Å². The quantitative estimate of drug-likeness (QED) is 0.523. The fourth-order valence-corrected chi connectivity index (χ4v) is 2.98. The Balaban J connectivity index is 0.00000361. The summed E-state index contributed by atoms with van der Waals surface area (Å²) in [6, 6.07) is 8.34. The molecule has 4 nitrogen and oxygen atoms in total. The zero-order valence-corrected chi connectivity index (χ0v) is 13.6. The van der Waals surface area contributed by atoms with E-state index in [9.17, 15) is 9.46 Å². The van der Waals surface area contributed by atoms with Crippen LogP contribution in [-0.4, -0.2) is 6.61 Å². The van der Waals surface area contributed by atoms with Gasteiger partial charge in [-0.1, -0.05) is 75.8 Å². The predicted molar refractivity (Wildman–Crippen MR) is 83.6 cm³/mol. The number of hydrogen-bond acceptors (Lipinski definition) is 3. The van der Waals surface area contributed by atoms with Crippen LogP contribution in [-0.2, 0) is 9.09 Å². The maximum atomic E-state index is 11.8. The fraction of sp³-hybridized carbons (Fsp3) is 0.600. The largest absolute Gasteiger partial charge is 0.775 e. The molecule has 0 fully saturated rings. The number of benzene rings is 1. The van der Waals surface area contributed by atoms with E-state index in [2.05, 4.69) is 6.92 Å². The van der Waals surface area contributed by atoms with Crippen molar-refractivity contribution in [1.29, 1.82) is 0 Å². The Morgan fingerprint density at radius 2 is 1.55 bits per heavy atom. The van der Waals surface area contributed by atoms with E-state index < -0.39 is 7.60 Å². The summed E-state index contributed by atoms with van der Waals surface area (Å²) < 4.78 is 16.9. The second-order valence-corrected chi connectivity index (χ2v) is 6.56. The minimum atomic E-state index is -3.86. The molecule has 0 bridgehead atoms. The smallest absolute Gasteiger partial charge is 0.165 e. The summed E-state index contributed by atoms with van der Waals surface area (Å²) in [5.41, 5.74) is 0. The molecule has 0 heterocycles. The molecule has 0 aromatic heterocycles. The van der Waals surface area contributed by atoms with Crippen LogP contribution in [0.2, 0.25) is 0 Å². The average Bonchev–Trinajstić information content (AvgIpc) is 2.43. The van der Waals surface area contributed by atoms with Gasteiger partial charge in [0.05, 0.1) is 6.61 Å². The minimum absolute atomic E-state index is 0. The first-order chi connectivity index (χ1) is 9.17. The topological polar surface area (TPSA) is 85.9 Å². The van der Waals surface area contributed by atoms with Crippen molar-refractivity contribution in [1.82, 2.24) is 6.15 Å². The lowest BCUT2D eigenvalue weighted by Crippen LogP contribution is -2.17. The van der Waals surface area contributed by atoms with Gasteiger partial charge in [-0.25, -0.2) is 0 Å². The van der Waals surface area contributed by atoms with Crippen molar-refractivity contribution in [2.24, 2.45) is 0 Å². The summed E-state index contributed by atoms with van der Waals surface area (Å²) in [4.78, 5) is 11.8. The van der Waals surface area contributed by atoms with Crippen LogP contribution in [0, 0.1) is 0 Å². The van der Waals surface area contributed by atoms with E-state index in [1.54, 1.807) is 30.3 Å². The molecule has 0 saturated carbocycles. The second kappa shape index (κ2) is 11.0. The van der Waals surface area contributed by atoms with E-state index in [1.165, 1.54) is 25.7 Å². The molecule has 1 aromatic rings. The maximum Gasteiger partial charge on any atom is 0.165 e. The number of quaternary nitrogens is 1. The molecule has 0 radical (unpaired) electrons. The first kappa shape index (κ1) is 19.3. The predicted octanol–water partition coefficient (Wildman–Crippen LogP) is 4.01. The monoisotopic (exact) mass is 301 g/mol. The zero-order chi connectivity index (χ0) is 14.0. The van der Waals surface area contributed by atoms with Crippen LogP contribution in [0.15, 0.2) is 30.3 Å². The van der Waals surface area contributed by atoms with Crippen molar-refractivity contribution < 1.29 is 14.0 Å². The van der Waals surface area contributed by atoms with Crippen molar-refractivity contribution in [3.05, 3.63) is 30.3 Å². The molecule has 5 heteroatoms. The number of hydrogen-bond donors (Lipinski definition) is 1. The van der Waals surface area contributed by atoms with Crippen molar-refractivity contribution >= 4 is 12.9 Å². The zero-order valence-electron chi connectivity index (χ0n) is 12.7. The summed E-state index contributed by atoms with van der Waals surface area (Å²) in [7, 11) is -3.86. The lowest BCUT2D eigenvalue weighted by molar-refractivity contribution is -0.193. The molecule has 0 saturated heterocycles.